The number of aromatic nitrogens is 2. The maximum atomic E-state index is 12.1. The topological polar surface area (TPSA) is 41.3 Å². The van der Waals surface area contributed by atoms with Gasteiger partial charge in [-0.1, -0.05) is 0 Å². The fraction of sp³-hybridized carbons (Fsp3) is 0.667. The van der Waals surface area contributed by atoms with Crippen LogP contribution < -0.4 is 0 Å². The smallest absolute Gasteiger partial charge is 0.382 e. The standard InChI is InChI=1S/C9H14F3N3O/c1-14(6-8(16)9(10,11)12)5-7-3-4-13-15(7)2/h3-4,8,16H,5-6H2,1-2H3. The fourth-order valence-electron chi connectivity index (χ4n) is 1.30. The Morgan fingerprint density at radius 1 is 1.56 bits per heavy atom. The van der Waals surface area contributed by atoms with Crippen LogP contribution in [-0.2, 0) is 13.6 Å². The summed E-state index contributed by atoms with van der Waals surface area (Å²) in [5.41, 5.74) is 0.789. The number of halogens is 3. The van der Waals surface area contributed by atoms with Crippen LogP contribution in [0.2, 0.25) is 0 Å². The van der Waals surface area contributed by atoms with Gasteiger partial charge in [0.2, 0.25) is 0 Å². The number of aliphatic hydroxyl groups excluding tert-OH is 1. The van der Waals surface area contributed by atoms with Crippen molar-refractivity contribution in [2.24, 2.45) is 7.05 Å². The lowest BCUT2D eigenvalue weighted by Gasteiger charge is -2.22. The molecule has 92 valence electrons. The summed E-state index contributed by atoms with van der Waals surface area (Å²) in [6, 6.07) is 1.72. The van der Waals surface area contributed by atoms with E-state index in [4.69, 9.17) is 5.11 Å². The van der Waals surface area contributed by atoms with Crippen molar-refractivity contribution >= 4 is 0 Å². The van der Waals surface area contributed by atoms with Crippen molar-refractivity contribution in [1.82, 2.24) is 14.7 Å². The Bertz CT molecular complexity index is 337. The van der Waals surface area contributed by atoms with Gasteiger partial charge in [-0.15, -0.1) is 0 Å². The van der Waals surface area contributed by atoms with Crippen LogP contribution in [0.1, 0.15) is 5.69 Å². The molecule has 0 aliphatic rings. The van der Waals surface area contributed by atoms with E-state index in [9.17, 15) is 13.2 Å². The van der Waals surface area contributed by atoms with E-state index >= 15 is 0 Å². The van der Waals surface area contributed by atoms with Crippen molar-refractivity contribution in [2.45, 2.75) is 18.8 Å². The van der Waals surface area contributed by atoms with Crippen molar-refractivity contribution < 1.29 is 18.3 Å². The summed E-state index contributed by atoms with van der Waals surface area (Å²) in [5, 5.41) is 12.8. The van der Waals surface area contributed by atoms with Crippen LogP contribution in [0.4, 0.5) is 13.2 Å². The quantitative estimate of drug-likeness (QED) is 0.841. The molecule has 1 rings (SSSR count). The number of rotatable bonds is 4. The average molecular weight is 237 g/mol. The molecule has 0 spiro atoms. The first kappa shape index (κ1) is 13.0. The van der Waals surface area contributed by atoms with Gasteiger partial charge in [0.25, 0.3) is 0 Å². The Balaban J connectivity index is 2.48. The molecular formula is C9H14F3N3O. The van der Waals surface area contributed by atoms with Gasteiger partial charge in [0.05, 0.1) is 5.69 Å². The summed E-state index contributed by atoms with van der Waals surface area (Å²) < 4.78 is 37.8. The van der Waals surface area contributed by atoms with Gasteiger partial charge in [-0.25, -0.2) is 0 Å². The molecular weight excluding hydrogens is 223 g/mol. The minimum atomic E-state index is -4.57. The second-order valence-electron chi connectivity index (χ2n) is 3.70. The van der Waals surface area contributed by atoms with Crippen molar-refractivity contribution in [3.63, 3.8) is 0 Å². The largest absolute Gasteiger partial charge is 0.415 e. The lowest BCUT2D eigenvalue weighted by molar-refractivity contribution is -0.207. The number of aryl methyl sites for hydroxylation is 1. The van der Waals surface area contributed by atoms with Gasteiger partial charge in [0.1, 0.15) is 0 Å². The summed E-state index contributed by atoms with van der Waals surface area (Å²) in [7, 11) is 3.23. The molecule has 0 fully saturated rings. The highest BCUT2D eigenvalue weighted by molar-refractivity contribution is 4.99. The molecule has 16 heavy (non-hydrogen) atoms. The van der Waals surface area contributed by atoms with Gasteiger partial charge >= 0.3 is 6.18 Å². The predicted molar refractivity (Wildman–Crippen MR) is 51.6 cm³/mol. The van der Waals surface area contributed by atoms with Crippen LogP contribution in [-0.4, -0.2) is 45.7 Å². The number of nitrogens with zero attached hydrogens (tertiary/aromatic N) is 3. The Morgan fingerprint density at radius 3 is 2.62 bits per heavy atom. The van der Waals surface area contributed by atoms with Gasteiger partial charge in [0, 0.05) is 26.3 Å². The molecule has 0 saturated carbocycles. The van der Waals surface area contributed by atoms with Crippen LogP contribution in [0.5, 0.6) is 0 Å². The number of hydrogen-bond donors (Lipinski definition) is 1. The predicted octanol–water partition coefficient (Wildman–Crippen LogP) is 0.775. The summed E-state index contributed by atoms with van der Waals surface area (Å²) in [6.07, 6.45) is -5.31. The molecule has 0 amide bonds. The molecule has 0 aliphatic carbocycles. The van der Waals surface area contributed by atoms with E-state index in [0.717, 1.165) is 5.69 Å². The lowest BCUT2D eigenvalue weighted by Crippen LogP contribution is -2.39. The van der Waals surface area contributed by atoms with E-state index in [0.29, 0.717) is 6.54 Å². The monoisotopic (exact) mass is 237 g/mol. The Kier molecular flexibility index (Phi) is 3.93. The Morgan fingerprint density at radius 2 is 2.19 bits per heavy atom. The number of likely N-dealkylation sites (N-methyl/N-ethyl adjacent to an activating group) is 1. The zero-order valence-corrected chi connectivity index (χ0v) is 9.07. The van der Waals surface area contributed by atoms with Gasteiger partial charge in [-0.2, -0.15) is 18.3 Å². The highest BCUT2D eigenvalue weighted by atomic mass is 19.4. The zero-order chi connectivity index (χ0) is 12.3. The first-order valence-corrected chi connectivity index (χ1v) is 4.71. The van der Waals surface area contributed by atoms with Crippen molar-refractivity contribution in [3.05, 3.63) is 18.0 Å². The van der Waals surface area contributed by atoms with Gasteiger partial charge in [0.15, 0.2) is 6.10 Å². The number of hydrogen-bond acceptors (Lipinski definition) is 3. The SMILES string of the molecule is CN(Cc1ccnn1C)CC(O)C(F)(F)F. The molecule has 1 heterocycles. The maximum Gasteiger partial charge on any atom is 0.415 e. The molecule has 1 unspecified atom stereocenters. The molecule has 0 saturated heterocycles. The Labute approximate surface area is 91.3 Å². The fourth-order valence-corrected chi connectivity index (χ4v) is 1.30. The van der Waals surface area contributed by atoms with Crippen molar-refractivity contribution in [3.8, 4) is 0 Å². The molecule has 1 atom stereocenters. The highest BCUT2D eigenvalue weighted by Crippen LogP contribution is 2.20. The number of alkyl halides is 3. The van der Waals surface area contributed by atoms with Crippen LogP contribution in [0, 0.1) is 0 Å². The third-order valence-electron chi connectivity index (χ3n) is 2.22. The molecule has 0 bridgehead atoms. The molecule has 1 aromatic rings. The molecule has 1 N–H and O–H groups in total. The lowest BCUT2D eigenvalue weighted by atomic mass is 10.3. The van der Waals surface area contributed by atoms with Gasteiger partial charge < -0.3 is 5.11 Å². The van der Waals surface area contributed by atoms with Crippen molar-refractivity contribution in [1.29, 1.82) is 0 Å². The minimum absolute atomic E-state index is 0.309. The highest BCUT2D eigenvalue weighted by Gasteiger charge is 2.38. The van der Waals surface area contributed by atoms with Crippen LogP contribution >= 0.6 is 0 Å². The Hall–Kier alpha value is -1.08. The van der Waals surface area contributed by atoms with Crippen LogP contribution in [0.15, 0.2) is 12.3 Å². The number of aliphatic hydroxyl groups is 1. The molecule has 1 aromatic heterocycles. The second kappa shape index (κ2) is 4.84. The van der Waals surface area contributed by atoms with E-state index in [1.165, 1.54) is 11.9 Å². The third-order valence-corrected chi connectivity index (χ3v) is 2.22. The summed E-state index contributed by atoms with van der Waals surface area (Å²) in [5.74, 6) is 0. The van der Waals surface area contributed by atoms with Crippen molar-refractivity contribution in [2.75, 3.05) is 13.6 Å². The second-order valence-corrected chi connectivity index (χ2v) is 3.70. The summed E-state index contributed by atoms with van der Waals surface area (Å²) >= 11 is 0. The normalized spacial score (nSPS) is 14.4. The van der Waals surface area contributed by atoms with Crippen LogP contribution in [0.3, 0.4) is 0 Å². The average Bonchev–Trinajstić information content (AvgIpc) is 2.50. The molecule has 0 radical (unpaired) electrons. The molecule has 0 aromatic carbocycles. The van der Waals surface area contributed by atoms with E-state index in [2.05, 4.69) is 5.10 Å². The van der Waals surface area contributed by atoms with E-state index in [1.54, 1.807) is 24.0 Å². The van der Waals surface area contributed by atoms with E-state index in [1.807, 2.05) is 0 Å². The maximum absolute atomic E-state index is 12.1. The minimum Gasteiger partial charge on any atom is -0.382 e. The van der Waals surface area contributed by atoms with Crippen LogP contribution in [0.25, 0.3) is 0 Å². The molecule has 4 nitrogen and oxygen atoms in total. The zero-order valence-electron chi connectivity index (χ0n) is 9.07. The summed E-state index contributed by atoms with van der Waals surface area (Å²) in [6.45, 7) is -0.141. The molecule has 7 heteroatoms. The van der Waals surface area contributed by atoms with E-state index in [-0.39, 0.29) is 0 Å². The van der Waals surface area contributed by atoms with Gasteiger partial charge in [-0.05, 0) is 13.1 Å². The first-order valence-electron chi connectivity index (χ1n) is 4.71. The third kappa shape index (κ3) is 3.49. The first-order chi connectivity index (χ1) is 7.30. The molecule has 0 aliphatic heterocycles. The van der Waals surface area contributed by atoms with Gasteiger partial charge in [-0.3, -0.25) is 9.58 Å². The summed E-state index contributed by atoms with van der Waals surface area (Å²) in [4.78, 5) is 1.40. The van der Waals surface area contributed by atoms with E-state index < -0.39 is 18.8 Å².